The van der Waals surface area contributed by atoms with Gasteiger partial charge in [-0.2, -0.15) is 4.73 Å². The average Bonchev–Trinajstić information content (AvgIpc) is 2.56. The largest absolute Gasteiger partial charge is 0.618 e. The molecule has 0 atom stereocenters. The summed E-state index contributed by atoms with van der Waals surface area (Å²) in [5.41, 5.74) is 10.1. The molecule has 2 N–H and O–H groups in total. The van der Waals surface area contributed by atoms with Crippen LogP contribution >= 0.6 is 0 Å². The van der Waals surface area contributed by atoms with Gasteiger partial charge in [0.2, 0.25) is 11.0 Å². The molecule has 0 spiro atoms. The van der Waals surface area contributed by atoms with Crippen molar-refractivity contribution in [2.45, 2.75) is 0 Å². The van der Waals surface area contributed by atoms with Crippen molar-refractivity contribution in [3.05, 3.63) is 78.0 Å². The van der Waals surface area contributed by atoms with Crippen LogP contribution in [0.5, 0.6) is 0 Å². The lowest BCUT2D eigenvalue weighted by Crippen LogP contribution is -2.28. The van der Waals surface area contributed by atoms with E-state index in [4.69, 9.17) is 5.73 Å². The summed E-state index contributed by atoms with van der Waals surface area (Å²) >= 11 is 0. The van der Waals surface area contributed by atoms with E-state index < -0.39 is 0 Å². The molecule has 4 aromatic rings. The van der Waals surface area contributed by atoms with E-state index in [2.05, 4.69) is 0 Å². The zero-order chi connectivity index (χ0) is 15.1. The fourth-order valence-corrected chi connectivity index (χ4v) is 2.96. The minimum Gasteiger partial charge on any atom is -0.618 e. The van der Waals surface area contributed by atoms with E-state index in [1.807, 2.05) is 60.7 Å². The number of aromatic nitrogens is 1. The van der Waals surface area contributed by atoms with E-state index in [-0.39, 0.29) is 0 Å². The number of fused-ring (bicyclic) bond motifs is 2. The number of pyridine rings is 1. The number of benzene rings is 3. The molecule has 3 heteroatoms. The van der Waals surface area contributed by atoms with Gasteiger partial charge in [-0.15, -0.1) is 0 Å². The van der Waals surface area contributed by atoms with Gasteiger partial charge in [0.1, 0.15) is 0 Å². The quantitative estimate of drug-likeness (QED) is 0.250. The normalized spacial score (nSPS) is 11.1. The van der Waals surface area contributed by atoms with Crippen molar-refractivity contribution in [1.29, 1.82) is 0 Å². The highest BCUT2D eigenvalue weighted by atomic mass is 16.5. The van der Waals surface area contributed by atoms with Crippen molar-refractivity contribution in [1.82, 2.24) is 0 Å². The Bertz CT molecular complexity index is 994. The Hall–Kier alpha value is -3.07. The molecule has 0 aliphatic carbocycles. The Balaban J connectivity index is 2.19. The number of hydrogen-bond donors (Lipinski definition) is 1. The van der Waals surface area contributed by atoms with Gasteiger partial charge in [-0.3, -0.25) is 0 Å². The first-order chi connectivity index (χ1) is 10.8. The summed E-state index contributed by atoms with van der Waals surface area (Å²) in [6.45, 7) is 0. The molecule has 0 saturated carbocycles. The van der Waals surface area contributed by atoms with Crippen molar-refractivity contribution in [3.8, 4) is 11.1 Å². The summed E-state index contributed by atoms with van der Waals surface area (Å²) in [5.74, 6) is 0. The minimum atomic E-state index is 0.631. The van der Waals surface area contributed by atoms with E-state index >= 15 is 0 Å². The van der Waals surface area contributed by atoms with Gasteiger partial charge in [0.25, 0.3) is 0 Å². The maximum absolute atomic E-state index is 12.7. The maximum Gasteiger partial charge on any atom is 0.225 e. The molecule has 0 amide bonds. The van der Waals surface area contributed by atoms with Crippen LogP contribution in [-0.4, -0.2) is 0 Å². The number of para-hydroxylation sites is 1. The average molecular weight is 286 g/mol. The molecule has 0 saturated heterocycles. The van der Waals surface area contributed by atoms with E-state index in [1.54, 1.807) is 12.1 Å². The van der Waals surface area contributed by atoms with Crippen molar-refractivity contribution in [2.75, 3.05) is 5.73 Å². The second-order valence-electron chi connectivity index (χ2n) is 5.33. The molecular formula is C19H14N2O. The summed E-state index contributed by atoms with van der Waals surface area (Å²) in [7, 11) is 0. The molecule has 1 heterocycles. The van der Waals surface area contributed by atoms with Crippen LogP contribution < -0.4 is 10.5 Å². The highest BCUT2D eigenvalue weighted by Gasteiger charge is 2.16. The number of anilines is 1. The van der Waals surface area contributed by atoms with E-state index in [0.29, 0.717) is 16.7 Å². The molecule has 0 aliphatic heterocycles. The topological polar surface area (TPSA) is 53.0 Å². The summed E-state index contributed by atoms with van der Waals surface area (Å²) < 4.78 is 0.983. The second kappa shape index (κ2) is 4.74. The Kier molecular flexibility index (Phi) is 2.73. The van der Waals surface area contributed by atoms with Gasteiger partial charge in [0.15, 0.2) is 0 Å². The standard InChI is InChI=1S/C19H14N2O/c20-16-10-11-18-15(19(16)13-6-2-1-3-7-13)12-14-8-4-5-9-17(14)21(18)22/h1-12H,20H2. The van der Waals surface area contributed by atoms with Gasteiger partial charge in [-0.05, 0) is 23.8 Å². The molecule has 106 valence electrons. The zero-order valence-corrected chi connectivity index (χ0v) is 11.9. The summed E-state index contributed by atoms with van der Waals surface area (Å²) in [5, 5.41) is 14.4. The predicted octanol–water partition coefficient (Wildman–Crippen LogP) is 3.88. The summed E-state index contributed by atoms with van der Waals surface area (Å²) in [4.78, 5) is 0. The highest BCUT2D eigenvalue weighted by molar-refractivity contribution is 6.03. The van der Waals surface area contributed by atoms with Gasteiger partial charge in [0.05, 0.1) is 5.39 Å². The molecule has 1 aromatic heterocycles. The number of nitrogens with two attached hydrogens (primary N) is 1. The zero-order valence-electron chi connectivity index (χ0n) is 11.9. The van der Waals surface area contributed by atoms with Crippen LogP contribution in [0.4, 0.5) is 5.69 Å². The third-order valence-electron chi connectivity index (χ3n) is 3.99. The van der Waals surface area contributed by atoms with Crippen LogP contribution in [-0.2, 0) is 0 Å². The summed E-state index contributed by atoms with van der Waals surface area (Å²) in [6.07, 6.45) is 0. The Morgan fingerprint density at radius 3 is 2.32 bits per heavy atom. The third kappa shape index (κ3) is 1.79. The molecule has 0 bridgehead atoms. The van der Waals surface area contributed by atoms with Crippen molar-refractivity contribution < 1.29 is 4.73 Å². The molecule has 0 aliphatic rings. The van der Waals surface area contributed by atoms with E-state index in [9.17, 15) is 5.21 Å². The Labute approximate surface area is 127 Å². The number of hydrogen-bond acceptors (Lipinski definition) is 2. The van der Waals surface area contributed by atoms with Crippen molar-refractivity contribution in [2.24, 2.45) is 0 Å². The Morgan fingerprint density at radius 2 is 1.50 bits per heavy atom. The van der Waals surface area contributed by atoms with Gasteiger partial charge in [-0.25, -0.2) is 0 Å². The fourth-order valence-electron chi connectivity index (χ4n) is 2.96. The number of nitrogen functional groups attached to an aromatic ring is 1. The van der Waals surface area contributed by atoms with Crippen LogP contribution in [0.2, 0.25) is 0 Å². The first-order valence-corrected chi connectivity index (χ1v) is 7.14. The second-order valence-corrected chi connectivity index (χ2v) is 5.33. The van der Waals surface area contributed by atoms with E-state index in [0.717, 1.165) is 26.6 Å². The fraction of sp³-hybridized carbons (Fsp3) is 0. The maximum atomic E-state index is 12.7. The molecule has 0 radical (unpaired) electrons. The van der Waals surface area contributed by atoms with E-state index in [1.165, 1.54) is 0 Å². The lowest BCUT2D eigenvalue weighted by molar-refractivity contribution is -0.547. The van der Waals surface area contributed by atoms with Gasteiger partial charge >= 0.3 is 0 Å². The third-order valence-corrected chi connectivity index (χ3v) is 3.99. The lowest BCUT2D eigenvalue weighted by Gasteiger charge is -2.12. The van der Waals surface area contributed by atoms with Gasteiger partial charge in [-0.1, -0.05) is 42.5 Å². The summed E-state index contributed by atoms with van der Waals surface area (Å²) in [6, 6.07) is 23.1. The van der Waals surface area contributed by atoms with Crippen LogP contribution in [0.3, 0.4) is 0 Å². The first kappa shape index (κ1) is 12.7. The van der Waals surface area contributed by atoms with Crippen LogP contribution in [0.25, 0.3) is 32.9 Å². The lowest BCUT2D eigenvalue weighted by atomic mass is 9.97. The number of nitrogens with zero attached hydrogens (tertiary/aromatic N) is 1. The van der Waals surface area contributed by atoms with Gasteiger partial charge in [0, 0.05) is 28.8 Å². The van der Waals surface area contributed by atoms with Crippen LogP contribution in [0.1, 0.15) is 0 Å². The molecule has 0 unspecified atom stereocenters. The monoisotopic (exact) mass is 286 g/mol. The number of rotatable bonds is 1. The molecule has 22 heavy (non-hydrogen) atoms. The van der Waals surface area contributed by atoms with Crippen molar-refractivity contribution in [3.63, 3.8) is 0 Å². The Morgan fingerprint density at radius 1 is 0.773 bits per heavy atom. The predicted molar refractivity (Wildman–Crippen MR) is 90.3 cm³/mol. The SMILES string of the molecule is Nc1ccc2c(cc3ccccc3[n+]2[O-])c1-c1ccccc1. The molecule has 4 rings (SSSR count). The smallest absolute Gasteiger partial charge is 0.225 e. The highest BCUT2D eigenvalue weighted by Crippen LogP contribution is 2.34. The minimum absolute atomic E-state index is 0.631. The first-order valence-electron chi connectivity index (χ1n) is 7.14. The molecule has 3 nitrogen and oxygen atoms in total. The van der Waals surface area contributed by atoms with Crippen molar-refractivity contribution >= 4 is 27.5 Å². The molecule has 3 aromatic carbocycles. The van der Waals surface area contributed by atoms with Crippen LogP contribution in [0, 0.1) is 5.21 Å². The van der Waals surface area contributed by atoms with Crippen LogP contribution in [0.15, 0.2) is 72.8 Å². The molecule has 0 fully saturated rings. The van der Waals surface area contributed by atoms with Gasteiger partial charge < -0.3 is 10.9 Å². The molecular weight excluding hydrogens is 272 g/mol.